The van der Waals surface area contributed by atoms with E-state index in [4.69, 9.17) is 4.84 Å². The van der Waals surface area contributed by atoms with Crippen molar-refractivity contribution in [3.8, 4) is 5.88 Å². The Balaban J connectivity index is 1.54. The van der Waals surface area contributed by atoms with Crippen LogP contribution in [0.2, 0.25) is 0 Å². The molecule has 0 aliphatic carbocycles. The highest BCUT2D eigenvalue weighted by Crippen LogP contribution is 2.16. The summed E-state index contributed by atoms with van der Waals surface area (Å²) in [6.45, 7) is 2.37. The van der Waals surface area contributed by atoms with Crippen LogP contribution in [0, 0.1) is 15.3 Å². The highest BCUT2D eigenvalue weighted by Gasteiger charge is 2.22. The summed E-state index contributed by atoms with van der Waals surface area (Å²) in [5.41, 5.74) is 0.950. The maximum Gasteiger partial charge on any atom is 0.287 e. The van der Waals surface area contributed by atoms with Crippen molar-refractivity contribution in [1.29, 1.82) is 0 Å². The van der Waals surface area contributed by atoms with E-state index in [1.165, 1.54) is 17.1 Å². The Bertz CT molecular complexity index is 744. The summed E-state index contributed by atoms with van der Waals surface area (Å²) >= 11 is 0. The molecule has 0 amide bonds. The molecular formula is C15H16N6O4. The normalized spacial score (nSPS) is 15.1. The molecule has 0 bridgehead atoms. The van der Waals surface area contributed by atoms with Crippen LogP contribution in [0.4, 0.5) is 11.4 Å². The van der Waals surface area contributed by atoms with Gasteiger partial charge in [0.25, 0.3) is 11.6 Å². The molecule has 2 aromatic rings. The molecule has 25 heavy (non-hydrogen) atoms. The number of para-hydroxylation sites is 1. The molecule has 0 spiro atoms. The van der Waals surface area contributed by atoms with E-state index in [1.54, 1.807) is 0 Å². The molecule has 0 radical (unpaired) electrons. The Morgan fingerprint density at radius 3 is 2.36 bits per heavy atom. The van der Waals surface area contributed by atoms with Gasteiger partial charge in [-0.2, -0.15) is 0 Å². The number of hydrogen-bond donors (Lipinski definition) is 0. The summed E-state index contributed by atoms with van der Waals surface area (Å²) in [6, 6.07) is 12.5. The van der Waals surface area contributed by atoms with Crippen molar-refractivity contribution < 1.29 is 14.7 Å². The number of benzene rings is 1. The van der Waals surface area contributed by atoms with Gasteiger partial charge in [-0.3, -0.25) is 15.0 Å². The van der Waals surface area contributed by atoms with Gasteiger partial charge < -0.3 is 10.1 Å². The topological polar surface area (TPSA) is 110 Å². The Kier molecular flexibility index (Phi) is 4.88. The Labute approximate surface area is 143 Å². The van der Waals surface area contributed by atoms with Crippen LogP contribution in [0.25, 0.3) is 0 Å². The first-order valence-corrected chi connectivity index (χ1v) is 7.64. The van der Waals surface area contributed by atoms with Gasteiger partial charge in [0.15, 0.2) is 0 Å². The molecule has 2 heterocycles. The van der Waals surface area contributed by atoms with Crippen molar-refractivity contribution in [2.24, 2.45) is 5.28 Å². The Morgan fingerprint density at radius 1 is 1.04 bits per heavy atom. The van der Waals surface area contributed by atoms with Gasteiger partial charge in [0.05, 0.1) is 23.0 Å². The zero-order valence-electron chi connectivity index (χ0n) is 13.3. The predicted molar refractivity (Wildman–Crippen MR) is 87.8 cm³/mol. The second-order valence-electron chi connectivity index (χ2n) is 5.31. The third kappa shape index (κ3) is 4.10. The van der Waals surface area contributed by atoms with Crippen molar-refractivity contribution >= 4 is 11.4 Å². The lowest BCUT2D eigenvalue weighted by Crippen LogP contribution is -2.49. The number of aromatic nitrogens is 1. The predicted octanol–water partition coefficient (Wildman–Crippen LogP) is 1.98. The number of nitrogens with zero attached hydrogens (tertiary/aromatic N) is 6. The summed E-state index contributed by atoms with van der Waals surface area (Å²) in [7, 11) is 0. The molecule has 0 unspecified atom stereocenters. The minimum Gasteiger partial charge on any atom is -0.569 e. The molecule has 130 valence electrons. The minimum atomic E-state index is -0.569. The smallest absolute Gasteiger partial charge is 0.287 e. The molecular weight excluding hydrogens is 328 g/mol. The second kappa shape index (κ2) is 7.43. The summed E-state index contributed by atoms with van der Waals surface area (Å²) in [5, 5.41) is 27.5. The van der Waals surface area contributed by atoms with Gasteiger partial charge in [0.1, 0.15) is 6.20 Å². The van der Waals surface area contributed by atoms with Crippen LogP contribution in [0.5, 0.6) is 5.88 Å². The van der Waals surface area contributed by atoms with E-state index in [1.807, 2.05) is 30.3 Å². The maximum atomic E-state index is 12.0. The van der Waals surface area contributed by atoms with Gasteiger partial charge in [-0.15, -0.1) is 5.01 Å². The number of rotatable bonds is 5. The van der Waals surface area contributed by atoms with E-state index in [-0.39, 0.29) is 11.6 Å². The summed E-state index contributed by atoms with van der Waals surface area (Å²) < 4.78 is 0. The van der Waals surface area contributed by atoms with Crippen LogP contribution < -0.4 is 9.74 Å². The molecule has 0 atom stereocenters. The number of anilines is 1. The zero-order valence-corrected chi connectivity index (χ0v) is 13.3. The van der Waals surface area contributed by atoms with Crippen LogP contribution >= 0.6 is 0 Å². The van der Waals surface area contributed by atoms with Gasteiger partial charge in [0.2, 0.25) is 5.28 Å². The molecule has 10 heteroatoms. The van der Waals surface area contributed by atoms with Gasteiger partial charge in [-0.1, -0.05) is 18.2 Å². The lowest BCUT2D eigenvalue weighted by Gasteiger charge is -2.32. The second-order valence-corrected chi connectivity index (χ2v) is 5.31. The molecule has 10 nitrogen and oxygen atoms in total. The summed E-state index contributed by atoms with van der Waals surface area (Å²) in [5.74, 6) is 0.00868. The van der Waals surface area contributed by atoms with E-state index >= 15 is 0 Å². The maximum absolute atomic E-state index is 12.0. The van der Waals surface area contributed by atoms with Gasteiger partial charge in [-0.05, 0) is 12.1 Å². The van der Waals surface area contributed by atoms with Crippen LogP contribution in [0.15, 0.2) is 53.9 Å². The first-order valence-electron chi connectivity index (χ1n) is 7.64. The quantitative estimate of drug-likeness (QED) is 0.353. The molecule has 3 rings (SSSR count). The average Bonchev–Trinajstić information content (AvgIpc) is 2.67. The molecule has 0 N–H and O–H groups in total. The van der Waals surface area contributed by atoms with Gasteiger partial charge in [0, 0.05) is 30.9 Å². The molecule has 0 saturated carbocycles. The van der Waals surface area contributed by atoms with E-state index < -0.39 is 4.92 Å². The van der Waals surface area contributed by atoms with E-state index in [2.05, 4.69) is 15.2 Å². The number of hydrazine groups is 1. The fourth-order valence-electron chi connectivity index (χ4n) is 2.43. The molecule has 1 aliphatic rings. The van der Waals surface area contributed by atoms with Crippen molar-refractivity contribution in [3.63, 3.8) is 0 Å². The van der Waals surface area contributed by atoms with Gasteiger partial charge in [-0.25, -0.2) is 4.98 Å². The molecule has 1 aromatic carbocycles. The first-order chi connectivity index (χ1) is 12.1. The monoisotopic (exact) mass is 344 g/mol. The van der Waals surface area contributed by atoms with Crippen LogP contribution in [-0.4, -0.2) is 46.1 Å². The van der Waals surface area contributed by atoms with Crippen molar-refractivity contribution in [2.75, 3.05) is 31.1 Å². The lowest BCUT2D eigenvalue weighted by molar-refractivity contribution is -0.707. The Hall–Kier alpha value is -3.43. The van der Waals surface area contributed by atoms with Crippen LogP contribution in [-0.2, 0) is 0 Å². The third-order valence-electron chi connectivity index (χ3n) is 3.76. The summed E-state index contributed by atoms with van der Waals surface area (Å²) in [4.78, 5) is 21.2. The molecule has 1 saturated heterocycles. The number of nitro groups is 1. The Morgan fingerprint density at radius 2 is 1.76 bits per heavy atom. The molecule has 1 aromatic heterocycles. The number of hydrogen-bond acceptors (Lipinski definition) is 7. The number of pyridine rings is 1. The van der Waals surface area contributed by atoms with Crippen molar-refractivity contribution in [2.45, 2.75) is 0 Å². The summed E-state index contributed by atoms with van der Waals surface area (Å²) in [6.07, 6.45) is 1.04. The third-order valence-corrected chi connectivity index (χ3v) is 3.76. The van der Waals surface area contributed by atoms with E-state index in [0.29, 0.717) is 31.1 Å². The van der Waals surface area contributed by atoms with Crippen molar-refractivity contribution in [1.82, 2.24) is 9.99 Å². The fourth-order valence-corrected chi connectivity index (χ4v) is 2.43. The zero-order chi connectivity index (χ0) is 17.6. The molecule has 1 fully saturated rings. The van der Waals surface area contributed by atoms with Crippen LogP contribution in [0.3, 0.4) is 0 Å². The van der Waals surface area contributed by atoms with Gasteiger partial charge >= 0.3 is 0 Å². The number of piperazine rings is 1. The average molecular weight is 344 g/mol. The van der Waals surface area contributed by atoms with E-state index in [9.17, 15) is 15.3 Å². The highest BCUT2D eigenvalue weighted by atomic mass is 16.7. The largest absolute Gasteiger partial charge is 0.569 e. The SMILES string of the molecule is O=[N+]([O-])c1ccc(O/N=[N+](/[O-])N2CCN(c3ccccc3)CC2)nc1. The fraction of sp³-hybridized carbons (Fsp3) is 0.267. The lowest BCUT2D eigenvalue weighted by atomic mass is 10.2. The standard InChI is InChI=1S/C15H16N6O4/c22-20(23)14-6-7-15(16-12-14)25-17-21(24)19-10-8-18(9-11-19)13-4-2-1-3-5-13/h1-7,12H,8-11H2/b21-17+. The first kappa shape index (κ1) is 16.4. The molecule has 1 aliphatic heterocycles. The minimum absolute atomic E-state index is 0.00868. The van der Waals surface area contributed by atoms with E-state index in [0.717, 1.165) is 11.9 Å². The van der Waals surface area contributed by atoms with Crippen molar-refractivity contribution in [3.05, 3.63) is 64.0 Å². The van der Waals surface area contributed by atoms with Crippen LogP contribution in [0.1, 0.15) is 0 Å². The highest BCUT2D eigenvalue weighted by molar-refractivity contribution is 5.46.